The van der Waals surface area contributed by atoms with E-state index in [0.717, 1.165) is 0 Å². The summed E-state index contributed by atoms with van der Waals surface area (Å²) in [6, 6.07) is 11.2. The molecule has 238 valence electrons. The van der Waals surface area contributed by atoms with Gasteiger partial charge in [0.25, 0.3) is 0 Å². The molecule has 45 heavy (non-hydrogen) atoms. The minimum Gasteiger partial charge on any atom is -0.481 e. The number of benzene rings is 2. The van der Waals surface area contributed by atoms with Crippen molar-refractivity contribution in [3.05, 3.63) is 86.9 Å². The van der Waals surface area contributed by atoms with Crippen molar-refractivity contribution >= 4 is 66.1 Å². The Morgan fingerprint density at radius 3 is 2.49 bits per heavy atom. The first-order chi connectivity index (χ1) is 21.0. The highest BCUT2D eigenvalue weighted by molar-refractivity contribution is 9.10. The molecule has 2 aliphatic carbocycles. The molecule has 0 saturated heterocycles. The third kappa shape index (κ3) is 6.70. The van der Waals surface area contributed by atoms with E-state index in [9.17, 15) is 41.4 Å². The number of halogens is 5. The number of fused-ring (bicyclic) bond motifs is 1. The van der Waals surface area contributed by atoms with Gasteiger partial charge in [0.05, 0.1) is 31.9 Å². The molecule has 2 unspecified atom stereocenters. The number of furan rings is 1. The lowest BCUT2D eigenvalue weighted by Gasteiger charge is -2.39. The number of allylic oxidation sites excluding steroid dienone is 3. The van der Waals surface area contributed by atoms with Gasteiger partial charge in [0.2, 0.25) is 10.0 Å². The zero-order valence-corrected chi connectivity index (χ0v) is 26.6. The number of carboxylic acid groups (broad SMARTS) is 2. The average molecular weight is 729 g/mol. The lowest BCUT2D eigenvalue weighted by Crippen LogP contribution is -2.44. The van der Waals surface area contributed by atoms with Gasteiger partial charge in [0, 0.05) is 22.9 Å². The summed E-state index contributed by atoms with van der Waals surface area (Å²) in [4.78, 5) is 25.3. The third-order valence-corrected chi connectivity index (χ3v) is 10.3. The predicted molar refractivity (Wildman–Crippen MR) is 166 cm³/mol. The van der Waals surface area contributed by atoms with Gasteiger partial charge in [0.15, 0.2) is 5.76 Å². The Labute approximate surface area is 269 Å². The zero-order chi connectivity index (χ0) is 32.9. The van der Waals surface area contributed by atoms with Crippen LogP contribution in [0.15, 0.2) is 85.8 Å². The van der Waals surface area contributed by atoms with Crippen LogP contribution in [-0.4, -0.2) is 42.5 Å². The van der Waals surface area contributed by atoms with Crippen LogP contribution in [0.25, 0.3) is 22.3 Å². The molecule has 0 aliphatic heterocycles. The highest BCUT2D eigenvalue weighted by Gasteiger charge is 2.56. The average Bonchev–Trinajstić information content (AvgIpc) is 3.72. The number of nitrogens with one attached hydrogen (secondary N) is 1. The van der Waals surface area contributed by atoms with Crippen molar-refractivity contribution in [1.29, 1.82) is 0 Å². The Hall–Kier alpha value is -3.55. The molecular formula is C31H26BrClF3NO7S. The van der Waals surface area contributed by atoms with Crippen LogP contribution in [0.4, 0.5) is 18.9 Å². The van der Waals surface area contributed by atoms with E-state index >= 15 is 0 Å². The fourth-order valence-electron chi connectivity index (χ4n) is 5.91. The Morgan fingerprint density at radius 1 is 1.18 bits per heavy atom. The van der Waals surface area contributed by atoms with Crippen molar-refractivity contribution in [3.63, 3.8) is 0 Å². The normalized spacial score (nSPS) is 20.9. The van der Waals surface area contributed by atoms with Gasteiger partial charge in [-0.2, -0.15) is 13.2 Å². The Bertz CT molecular complexity index is 1910. The summed E-state index contributed by atoms with van der Waals surface area (Å²) in [5, 5.41) is 21.2. The smallest absolute Gasteiger partial charge is 0.409 e. The molecule has 2 aliphatic rings. The fourth-order valence-corrected chi connectivity index (χ4v) is 7.72. The van der Waals surface area contributed by atoms with Crippen LogP contribution in [0.5, 0.6) is 0 Å². The molecule has 2 atom stereocenters. The first-order valence-corrected chi connectivity index (χ1v) is 16.5. The molecule has 14 heteroatoms. The molecule has 3 N–H and O–H groups in total. The summed E-state index contributed by atoms with van der Waals surface area (Å²) in [5.41, 5.74) is 0.0485. The Kier molecular flexibility index (Phi) is 8.75. The summed E-state index contributed by atoms with van der Waals surface area (Å²) in [5.74, 6) is -4.08. The number of carbonyl (C=O) groups is 2. The van der Waals surface area contributed by atoms with Crippen LogP contribution >= 0.6 is 27.5 Å². The number of hydrogen-bond acceptors (Lipinski definition) is 5. The van der Waals surface area contributed by atoms with Crippen LogP contribution in [0.3, 0.4) is 0 Å². The number of alkyl halides is 3. The Balaban J connectivity index is 1.52. The quantitative estimate of drug-likeness (QED) is 0.181. The number of hydrogen-bond donors (Lipinski definition) is 3. The van der Waals surface area contributed by atoms with Gasteiger partial charge >= 0.3 is 18.1 Å². The topological polar surface area (TPSA) is 134 Å². The van der Waals surface area contributed by atoms with E-state index < -0.39 is 45.2 Å². The van der Waals surface area contributed by atoms with Gasteiger partial charge < -0.3 is 14.6 Å². The minimum atomic E-state index is -4.65. The van der Waals surface area contributed by atoms with Crippen LogP contribution < -0.4 is 4.72 Å². The van der Waals surface area contributed by atoms with Crippen LogP contribution in [0.1, 0.15) is 25.3 Å². The van der Waals surface area contributed by atoms with Crippen LogP contribution in [0, 0.1) is 17.3 Å². The second-order valence-corrected chi connectivity index (χ2v) is 14.1. The molecule has 1 fully saturated rings. The second-order valence-electron chi connectivity index (χ2n) is 11.1. The summed E-state index contributed by atoms with van der Waals surface area (Å²) in [6.45, 7) is 1.59. The van der Waals surface area contributed by atoms with Gasteiger partial charge in [-0.25, -0.2) is 13.2 Å². The second kappa shape index (κ2) is 12.0. The summed E-state index contributed by atoms with van der Waals surface area (Å²) >= 11 is 9.93. The number of carboxylic acids is 2. The molecule has 1 aromatic heterocycles. The number of anilines is 1. The molecule has 8 nitrogen and oxygen atoms in total. The number of aliphatic carboxylic acids is 2. The van der Waals surface area contributed by atoms with E-state index in [2.05, 4.69) is 20.7 Å². The highest BCUT2D eigenvalue weighted by Crippen LogP contribution is 2.56. The minimum absolute atomic E-state index is 0.0352. The van der Waals surface area contributed by atoms with E-state index in [1.54, 1.807) is 49.4 Å². The molecular weight excluding hydrogens is 703 g/mol. The largest absolute Gasteiger partial charge is 0.481 e. The van der Waals surface area contributed by atoms with Crippen molar-refractivity contribution in [3.8, 4) is 11.3 Å². The van der Waals surface area contributed by atoms with E-state index in [4.69, 9.17) is 16.0 Å². The van der Waals surface area contributed by atoms with Crippen molar-refractivity contribution in [2.45, 2.75) is 32.4 Å². The van der Waals surface area contributed by atoms with Gasteiger partial charge in [-0.05, 0) is 83.4 Å². The highest BCUT2D eigenvalue weighted by atomic mass is 79.9. The summed E-state index contributed by atoms with van der Waals surface area (Å²) < 4.78 is 71.3. The van der Waals surface area contributed by atoms with Gasteiger partial charge in [-0.1, -0.05) is 42.0 Å². The first-order valence-electron chi connectivity index (χ1n) is 13.6. The first kappa shape index (κ1) is 32.8. The lowest BCUT2D eigenvalue weighted by molar-refractivity contribution is -0.149. The SMILES string of the molecule is CC1=CC(Cc2ccc3oc(-c4ccccc4NS(=O)(=O)CC=CC(F)(F)F)c(Br)c3c2)(C(=O)O)C(C2CC2)C(C(=O)O)=C1Cl. The van der Waals surface area contributed by atoms with E-state index in [1.165, 1.54) is 6.07 Å². The molecule has 0 radical (unpaired) electrons. The van der Waals surface area contributed by atoms with Crippen molar-refractivity contribution in [2.75, 3.05) is 10.5 Å². The Morgan fingerprint density at radius 2 is 1.87 bits per heavy atom. The lowest BCUT2D eigenvalue weighted by atomic mass is 9.62. The zero-order valence-electron chi connectivity index (χ0n) is 23.5. The van der Waals surface area contributed by atoms with E-state index in [1.807, 2.05) is 0 Å². The summed E-state index contributed by atoms with van der Waals surface area (Å²) in [6.07, 6.45) is -1.40. The molecule has 1 heterocycles. The standard InChI is InChI=1S/C31H26BrClF3NO7S/c1-16-14-30(29(40)41,24(18-8-9-18)23(26(16)33)28(38)39)15-17-7-10-22-20(13-17)25(32)27(44-22)19-5-2-3-6-21(19)37-45(42,43)12-4-11-31(34,35)36/h2-7,10-11,13-14,18,24,37H,8-9,12,15H2,1H3,(H,38,39)(H,40,41). The summed E-state index contributed by atoms with van der Waals surface area (Å²) in [7, 11) is -4.20. The molecule has 5 rings (SSSR count). The van der Waals surface area contributed by atoms with E-state index in [-0.39, 0.29) is 40.5 Å². The molecule has 2 aromatic carbocycles. The number of sulfonamides is 1. The van der Waals surface area contributed by atoms with Crippen molar-refractivity contribution < 1.29 is 45.8 Å². The number of para-hydroxylation sites is 1. The maximum atomic E-state index is 13.0. The molecule has 0 bridgehead atoms. The van der Waals surface area contributed by atoms with Crippen molar-refractivity contribution in [2.24, 2.45) is 17.3 Å². The van der Waals surface area contributed by atoms with Gasteiger partial charge in [0.1, 0.15) is 5.58 Å². The molecule has 0 amide bonds. The molecule has 3 aromatic rings. The van der Waals surface area contributed by atoms with Gasteiger partial charge in [-0.15, -0.1) is 0 Å². The van der Waals surface area contributed by atoms with Crippen LogP contribution in [0.2, 0.25) is 0 Å². The monoisotopic (exact) mass is 727 g/mol. The fraction of sp³-hybridized carbons (Fsp3) is 0.290. The van der Waals surface area contributed by atoms with E-state index in [0.29, 0.717) is 51.1 Å². The third-order valence-electron chi connectivity index (χ3n) is 7.89. The van der Waals surface area contributed by atoms with Crippen LogP contribution in [-0.2, 0) is 26.0 Å². The van der Waals surface area contributed by atoms with Gasteiger partial charge in [-0.3, -0.25) is 9.52 Å². The maximum absolute atomic E-state index is 13.0. The molecule has 0 spiro atoms. The number of rotatable bonds is 10. The molecule has 1 saturated carbocycles. The predicted octanol–water partition coefficient (Wildman–Crippen LogP) is 7.90. The van der Waals surface area contributed by atoms with Crippen molar-refractivity contribution in [1.82, 2.24) is 0 Å². The maximum Gasteiger partial charge on any atom is 0.409 e.